The molecule has 32 heavy (non-hydrogen) atoms. The molecule has 160 valence electrons. The lowest BCUT2D eigenvalue weighted by molar-refractivity contribution is 0.665. The van der Waals surface area contributed by atoms with Crippen molar-refractivity contribution in [1.29, 1.82) is 0 Å². The maximum atomic E-state index is 5.46. The molecule has 0 radical (unpaired) electrons. The first-order valence-corrected chi connectivity index (χ1v) is 11.7. The molecule has 0 amide bonds. The number of hydrogen-bond acceptors (Lipinski definition) is 2. The van der Waals surface area contributed by atoms with Gasteiger partial charge in [0.05, 0.1) is 22.8 Å². The Hall–Kier alpha value is -3.26. The molecule has 0 saturated heterocycles. The third kappa shape index (κ3) is 3.54. The molecule has 0 heterocycles. The average Bonchev–Trinajstić information content (AvgIpc) is 3.09. The van der Waals surface area contributed by atoms with Crippen LogP contribution in [0.5, 0.6) is 0 Å². The Morgan fingerprint density at radius 1 is 0.688 bits per heavy atom. The monoisotopic (exact) mass is 418 g/mol. The molecule has 0 N–H and O–H groups in total. The van der Waals surface area contributed by atoms with Gasteiger partial charge in [0, 0.05) is 16.5 Å². The predicted octanol–water partition coefficient (Wildman–Crippen LogP) is 8.05. The summed E-state index contributed by atoms with van der Waals surface area (Å²) in [6.45, 7) is 9.14. The van der Waals surface area contributed by atoms with Gasteiger partial charge < -0.3 is 0 Å². The second-order valence-corrected chi connectivity index (χ2v) is 9.35. The molecule has 0 fully saturated rings. The zero-order chi connectivity index (χ0) is 22.2. The normalized spacial score (nSPS) is 18.5. The van der Waals surface area contributed by atoms with Crippen LogP contribution in [0.1, 0.15) is 51.7 Å². The maximum absolute atomic E-state index is 5.46. The molecule has 3 aromatic rings. The highest BCUT2D eigenvalue weighted by Gasteiger charge is 2.29. The van der Waals surface area contributed by atoms with Crippen molar-refractivity contribution in [3.8, 4) is 0 Å². The molecule has 0 aliphatic heterocycles. The Labute approximate surface area is 191 Å². The van der Waals surface area contributed by atoms with E-state index in [1.807, 2.05) is 18.2 Å². The van der Waals surface area contributed by atoms with Crippen molar-refractivity contribution >= 4 is 27.9 Å². The van der Waals surface area contributed by atoms with E-state index in [0.29, 0.717) is 11.8 Å². The van der Waals surface area contributed by atoms with Gasteiger partial charge in [0.1, 0.15) is 0 Å². The van der Waals surface area contributed by atoms with Crippen molar-refractivity contribution in [1.82, 2.24) is 0 Å². The van der Waals surface area contributed by atoms with E-state index in [9.17, 15) is 0 Å². The molecule has 2 nitrogen and oxygen atoms in total. The van der Waals surface area contributed by atoms with E-state index in [1.165, 1.54) is 38.7 Å². The minimum atomic E-state index is 0.442. The van der Waals surface area contributed by atoms with Crippen molar-refractivity contribution in [2.24, 2.45) is 21.8 Å². The summed E-state index contributed by atoms with van der Waals surface area (Å²) in [5.41, 5.74) is 9.33. The summed E-state index contributed by atoms with van der Waals surface area (Å²) in [7, 11) is 0. The number of rotatable bonds is 4. The highest BCUT2D eigenvalue weighted by Crippen LogP contribution is 2.38. The summed E-state index contributed by atoms with van der Waals surface area (Å²) < 4.78 is 0. The molecular formula is C30H30N2. The van der Waals surface area contributed by atoms with Crippen LogP contribution in [0.25, 0.3) is 10.8 Å². The molecule has 0 spiro atoms. The van der Waals surface area contributed by atoms with E-state index in [-0.39, 0.29) is 0 Å². The van der Waals surface area contributed by atoms with E-state index in [1.54, 1.807) is 0 Å². The van der Waals surface area contributed by atoms with Crippen LogP contribution in [0.2, 0.25) is 0 Å². The van der Waals surface area contributed by atoms with Crippen LogP contribution in [0.4, 0.5) is 5.69 Å². The molecule has 2 aliphatic rings. The third-order valence-electron chi connectivity index (χ3n) is 6.53. The summed E-state index contributed by atoms with van der Waals surface area (Å²) in [5.74, 6) is 0.920. The zero-order valence-electron chi connectivity index (χ0n) is 19.4. The number of benzene rings is 3. The van der Waals surface area contributed by atoms with E-state index < -0.39 is 0 Å². The number of nitrogens with zero attached hydrogens (tertiary/aromatic N) is 2. The summed E-state index contributed by atoms with van der Waals surface area (Å²) in [6.07, 6.45) is 4.59. The summed E-state index contributed by atoms with van der Waals surface area (Å²) in [5, 5.41) is 2.51. The first kappa shape index (κ1) is 20.6. The van der Waals surface area contributed by atoms with Gasteiger partial charge in [-0.3, -0.25) is 0 Å². The lowest BCUT2D eigenvalue weighted by atomic mass is 9.84. The van der Waals surface area contributed by atoms with Crippen molar-refractivity contribution < 1.29 is 0 Å². The Morgan fingerprint density at radius 2 is 1.34 bits per heavy atom. The third-order valence-corrected chi connectivity index (χ3v) is 6.53. The van der Waals surface area contributed by atoms with Gasteiger partial charge in [-0.05, 0) is 53.3 Å². The van der Waals surface area contributed by atoms with E-state index >= 15 is 0 Å². The highest BCUT2D eigenvalue weighted by atomic mass is 14.8. The first-order valence-electron chi connectivity index (χ1n) is 11.7. The molecule has 0 aromatic heterocycles. The summed E-state index contributed by atoms with van der Waals surface area (Å²) in [4.78, 5) is 10.6. The molecule has 2 heteroatoms. The number of allylic oxidation sites excluding steroid dienone is 3. The largest absolute Gasteiger partial charge is 0.246 e. The Balaban J connectivity index is 1.80. The fraction of sp³-hybridized carbons (Fsp3) is 0.267. The molecule has 5 rings (SSSR count). The number of para-hydroxylation sites is 1. The van der Waals surface area contributed by atoms with Crippen LogP contribution in [0.15, 0.2) is 99.6 Å². The summed E-state index contributed by atoms with van der Waals surface area (Å²) in [6, 6.07) is 23.3. The minimum Gasteiger partial charge on any atom is -0.246 e. The molecule has 2 aliphatic carbocycles. The van der Waals surface area contributed by atoms with Crippen molar-refractivity contribution in [3.05, 3.63) is 101 Å². The fourth-order valence-electron chi connectivity index (χ4n) is 4.95. The quantitative estimate of drug-likeness (QED) is 0.409. The Kier molecular flexibility index (Phi) is 5.38. The van der Waals surface area contributed by atoms with Crippen LogP contribution in [0.3, 0.4) is 0 Å². The van der Waals surface area contributed by atoms with E-state index in [4.69, 9.17) is 9.98 Å². The van der Waals surface area contributed by atoms with Crippen LogP contribution in [-0.2, 0) is 0 Å². The van der Waals surface area contributed by atoms with Crippen LogP contribution in [0, 0.1) is 11.8 Å². The topological polar surface area (TPSA) is 24.7 Å². The Bertz CT molecular complexity index is 1300. The van der Waals surface area contributed by atoms with Gasteiger partial charge >= 0.3 is 0 Å². The lowest BCUT2D eigenvalue weighted by Gasteiger charge is -2.24. The van der Waals surface area contributed by atoms with Crippen LogP contribution in [-0.4, -0.2) is 11.4 Å². The molecule has 3 aromatic carbocycles. The number of hydrogen-bond donors (Lipinski definition) is 0. The molecular weight excluding hydrogens is 388 g/mol. The zero-order valence-corrected chi connectivity index (χ0v) is 19.4. The van der Waals surface area contributed by atoms with Gasteiger partial charge in [0.2, 0.25) is 0 Å². The fourth-order valence-corrected chi connectivity index (χ4v) is 4.95. The smallest absolute Gasteiger partial charge is 0.0978 e. The van der Waals surface area contributed by atoms with Crippen molar-refractivity contribution in [3.63, 3.8) is 0 Å². The second-order valence-electron chi connectivity index (χ2n) is 9.35. The molecule has 0 saturated carbocycles. The minimum absolute atomic E-state index is 0.442. The number of aliphatic imine (C=N–C) groups is 2. The van der Waals surface area contributed by atoms with Crippen LogP contribution < -0.4 is 0 Å². The Morgan fingerprint density at radius 3 is 1.97 bits per heavy atom. The first-order chi connectivity index (χ1) is 15.5. The predicted molar refractivity (Wildman–Crippen MR) is 137 cm³/mol. The van der Waals surface area contributed by atoms with Gasteiger partial charge in [-0.1, -0.05) is 88.4 Å². The van der Waals surface area contributed by atoms with Gasteiger partial charge in [-0.25, -0.2) is 9.98 Å². The van der Waals surface area contributed by atoms with E-state index in [0.717, 1.165) is 30.0 Å². The van der Waals surface area contributed by atoms with Crippen molar-refractivity contribution in [2.75, 3.05) is 0 Å². The molecule has 0 bridgehead atoms. The van der Waals surface area contributed by atoms with E-state index in [2.05, 4.69) is 82.3 Å². The molecule has 0 unspecified atom stereocenters. The van der Waals surface area contributed by atoms with Crippen LogP contribution >= 0.6 is 0 Å². The van der Waals surface area contributed by atoms with Gasteiger partial charge in [0.25, 0.3) is 0 Å². The summed E-state index contributed by atoms with van der Waals surface area (Å²) >= 11 is 0. The second kappa shape index (κ2) is 8.35. The van der Waals surface area contributed by atoms with Crippen molar-refractivity contribution in [2.45, 2.75) is 40.5 Å². The standard InChI is InChI=1S/C30H30N2/c1-19(2)23-15-10-16-24(20(3)4)28(23)32-30-26-18-9-12-21-11-8-17-25(27(21)26)29(30)31-22-13-6-5-7-14-22/h5-9,11-15,17-20H,10,16H2,1-4H3. The molecule has 0 atom stereocenters. The SMILES string of the molecule is CC(C)C1=CCCC(C(C)C)=C1N=C1C(=Nc2ccccc2)c2cccc3cccc1c23. The lowest BCUT2D eigenvalue weighted by Crippen LogP contribution is -2.15. The van der Waals surface area contributed by atoms with Gasteiger partial charge in [-0.15, -0.1) is 0 Å². The van der Waals surface area contributed by atoms with Gasteiger partial charge in [0.15, 0.2) is 0 Å². The van der Waals surface area contributed by atoms with Gasteiger partial charge in [-0.2, -0.15) is 0 Å². The highest BCUT2D eigenvalue weighted by molar-refractivity contribution is 6.61. The maximum Gasteiger partial charge on any atom is 0.0978 e. The average molecular weight is 419 g/mol.